The lowest BCUT2D eigenvalue weighted by molar-refractivity contribution is 0.0328. The number of nitrogens with zero attached hydrogens (tertiary/aromatic N) is 1. The van der Waals surface area contributed by atoms with E-state index in [1.54, 1.807) is 20.8 Å². The number of amides is 1. The average molecular weight is 235 g/mol. The van der Waals surface area contributed by atoms with E-state index in [1.165, 1.54) is 0 Å². The van der Waals surface area contributed by atoms with E-state index >= 15 is 0 Å². The Morgan fingerprint density at radius 1 is 1.53 bits per heavy atom. The smallest absolute Gasteiger partial charge is 0.424 e. The first kappa shape index (κ1) is 12.4. The molecule has 0 aromatic carbocycles. The molecule has 1 saturated heterocycles. The molecule has 2 unspecified atom stereocenters. The van der Waals surface area contributed by atoms with Crippen molar-refractivity contribution < 1.29 is 17.9 Å². The minimum atomic E-state index is -1.71. The van der Waals surface area contributed by atoms with E-state index in [2.05, 4.69) is 0 Å². The first-order valence-electron chi connectivity index (χ1n) is 4.89. The molecule has 88 valence electrons. The minimum absolute atomic E-state index is 0.0791. The van der Waals surface area contributed by atoms with Gasteiger partial charge in [-0.1, -0.05) is 0 Å². The third-order valence-corrected chi connectivity index (χ3v) is 2.95. The molecule has 0 radical (unpaired) electrons. The molecule has 15 heavy (non-hydrogen) atoms. The van der Waals surface area contributed by atoms with E-state index in [-0.39, 0.29) is 6.10 Å². The van der Waals surface area contributed by atoms with Crippen LogP contribution in [0.25, 0.3) is 0 Å². The molecule has 5 nitrogen and oxygen atoms in total. The standard InChI is InChI=1S/C9H17NO4S/c1-7-5-6-10(15(12)14-7)8(11)13-9(2,3)4/h7H,5-6H2,1-4H3. The number of carbonyl (C=O) groups is 1. The summed E-state index contributed by atoms with van der Waals surface area (Å²) in [5, 5.41) is 0. The van der Waals surface area contributed by atoms with Crippen LogP contribution in [0.3, 0.4) is 0 Å². The van der Waals surface area contributed by atoms with Gasteiger partial charge in [0.1, 0.15) is 5.60 Å². The quantitative estimate of drug-likeness (QED) is 0.640. The molecule has 1 aliphatic heterocycles. The summed E-state index contributed by atoms with van der Waals surface area (Å²) >= 11 is -1.71. The van der Waals surface area contributed by atoms with Crippen LogP contribution in [0.5, 0.6) is 0 Å². The molecule has 1 fully saturated rings. The monoisotopic (exact) mass is 235 g/mol. The Labute approximate surface area is 92.5 Å². The lowest BCUT2D eigenvalue weighted by atomic mass is 10.2. The van der Waals surface area contributed by atoms with Gasteiger partial charge in [0.05, 0.1) is 6.10 Å². The molecule has 1 amide bonds. The Balaban J connectivity index is 2.57. The van der Waals surface area contributed by atoms with Gasteiger partial charge in [-0.15, -0.1) is 0 Å². The van der Waals surface area contributed by atoms with Crippen molar-refractivity contribution in [3.8, 4) is 0 Å². The van der Waals surface area contributed by atoms with Crippen LogP contribution in [0.1, 0.15) is 34.1 Å². The molecular formula is C9H17NO4S. The van der Waals surface area contributed by atoms with Gasteiger partial charge < -0.3 is 4.74 Å². The van der Waals surface area contributed by atoms with Crippen LogP contribution in [0, 0.1) is 0 Å². The van der Waals surface area contributed by atoms with Crippen molar-refractivity contribution in [3.05, 3.63) is 0 Å². The lowest BCUT2D eigenvalue weighted by Crippen LogP contribution is -2.43. The molecule has 1 heterocycles. The largest absolute Gasteiger partial charge is 0.443 e. The van der Waals surface area contributed by atoms with Crippen molar-refractivity contribution in [2.24, 2.45) is 0 Å². The summed E-state index contributed by atoms with van der Waals surface area (Å²) in [5.74, 6) is 0. The Bertz CT molecular complexity index is 274. The molecule has 2 atom stereocenters. The van der Waals surface area contributed by atoms with Crippen molar-refractivity contribution in [2.45, 2.75) is 45.8 Å². The summed E-state index contributed by atoms with van der Waals surface area (Å²) in [6, 6.07) is 0. The Kier molecular flexibility index (Phi) is 3.72. The fraction of sp³-hybridized carbons (Fsp3) is 0.889. The van der Waals surface area contributed by atoms with Gasteiger partial charge in [0.25, 0.3) is 11.3 Å². The highest BCUT2D eigenvalue weighted by Crippen LogP contribution is 2.17. The van der Waals surface area contributed by atoms with Crippen LogP contribution in [0.4, 0.5) is 4.79 Å². The summed E-state index contributed by atoms with van der Waals surface area (Å²) in [7, 11) is 0. The Morgan fingerprint density at radius 2 is 2.13 bits per heavy atom. The molecule has 0 aromatic heterocycles. The predicted octanol–water partition coefficient (Wildman–Crippen LogP) is 1.61. The van der Waals surface area contributed by atoms with Gasteiger partial charge in [0.15, 0.2) is 0 Å². The third kappa shape index (κ3) is 3.79. The summed E-state index contributed by atoms with van der Waals surface area (Å²) in [5.41, 5.74) is -0.579. The molecule has 0 aromatic rings. The number of carbonyl (C=O) groups excluding carboxylic acids is 1. The maximum absolute atomic E-state index is 11.6. The second kappa shape index (κ2) is 4.49. The summed E-state index contributed by atoms with van der Waals surface area (Å²) < 4.78 is 22.7. The van der Waals surface area contributed by atoms with Gasteiger partial charge in [-0.3, -0.25) is 4.18 Å². The van der Waals surface area contributed by atoms with Gasteiger partial charge >= 0.3 is 6.09 Å². The Hall–Kier alpha value is -0.620. The second-order valence-corrected chi connectivity index (χ2v) is 5.56. The SMILES string of the molecule is CC1CCN(C(=O)OC(C)(C)C)S(=O)O1. The van der Waals surface area contributed by atoms with E-state index in [4.69, 9.17) is 8.92 Å². The summed E-state index contributed by atoms with van der Waals surface area (Å²) in [4.78, 5) is 11.6. The van der Waals surface area contributed by atoms with Crippen LogP contribution < -0.4 is 0 Å². The maximum atomic E-state index is 11.6. The zero-order valence-corrected chi connectivity index (χ0v) is 10.3. The highest BCUT2D eigenvalue weighted by atomic mass is 32.2. The summed E-state index contributed by atoms with van der Waals surface area (Å²) in [6.45, 7) is 7.52. The van der Waals surface area contributed by atoms with Crippen molar-refractivity contribution in [1.82, 2.24) is 4.31 Å². The van der Waals surface area contributed by atoms with Gasteiger partial charge in [0.2, 0.25) is 0 Å². The fourth-order valence-corrected chi connectivity index (χ4v) is 1.97. The van der Waals surface area contributed by atoms with E-state index < -0.39 is 23.0 Å². The van der Waals surface area contributed by atoms with Crippen LogP contribution in [-0.2, 0) is 20.2 Å². The molecular weight excluding hydrogens is 218 g/mol. The van der Waals surface area contributed by atoms with Crippen molar-refractivity contribution in [2.75, 3.05) is 6.54 Å². The molecule has 0 N–H and O–H groups in total. The molecule has 0 saturated carbocycles. The van der Waals surface area contributed by atoms with Gasteiger partial charge in [0, 0.05) is 6.54 Å². The molecule has 0 bridgehead atoms. The molecule has 0 spiro atoms. The second-order valence-electron chi connectivity index (χ2n) is 4.50. The molecule has 0 aliphatic carbocycles. The predicted molar refractivity (Wildman–Crippen MR) is 56.2 cm³/mol. The number of ether oxygens (including phenoxy) is 1. The zero-order chi connectivity index (χ0) is 11.6. The van der Waals surface area contributed by atoms with Crippen LogP contribution >= 0.6 is 0 Å². The number of hydrogen-bond donors (Lipinski definition) is 0. The van der Waals surface area contributed by atoms with Gasteiger partial charge in [-0.2, -0.15) is 0 Å². The third-order valence-electron chi connectivity index (χ3n) is 1.76. The first-order valence-corrected chi connectivity index (χ1v) is 5.92. The van der Waals surface area contributed by atoms with E-state index in [0.717, 1.165) is 4.31 Å². The number of rotatable bonds is 0. The van der Waals surface area contributed by atoms with E-state index in [9.17, 15) is 9.00 Å². The van der Waals surface area contributed by atoms with E-state index in [1.807, 2.05) is 6.92 Å². The van der Waals surface area contributed by atoms with Crippen LogP contribution in [0.2, 0.25) is 0 Å². The molecule has 1 aliphatic rings. The van der Waals surface area contributed by atoms with E-state index in [0.29, 0.717) is 13.0 Å². The Morgan fingerprint density at radius 3 is 2.60 bits per heavy atom. The highest BCUT2D eigenvalue weighted by molar-refractivity contribution is 7.78. The topological polar surface area (TPSA) is 55.8 Å². The van der Waals surface area contributed by atoms with Gasteiger partial charge in [-0.25, -0.2) is 13.3 Å². The van der Waals surface area contributed by atoms with Crippen molar-refractivity contribution in [3.63, 3.8) is 0 Å². The minimum Gasteiger partial charge on any atom is -0.443 e. The molecule has 6 heteroatoms. The highest BCUT2D eigenvalue weighted by Gasteiger charge is 2.31. The van der Waals surface area contributed by atoms with Crippen LogP contribution in [0.15, 0.2) is 0 Å². The zero-order valence-electron chi connectivity index (χ0n) is 9.48. The van der Waals surface area contributed by atoms with Crippen molar-refractivity contribution >= 4 is 17.4 Å². The summed E-state index contributed by atoms with van der Waals surface area (Å²) in [6.07, 6.45) is 0.00240. The number of hydrogen-bond acceptors (Lipinski definition) is 4. The first-order chi connectivity index (χ1) is 6.79. The normalized spacial score (nSPS) is 27.6. The fourth-order valence-electron chi connectivity index (χ4n) is 1.08. The van der Waals surface area contributed by atoms with Gasteiger partial charge in [-0.05, 0) is 34.1 Å². The maximum Gasteiger partial charge on any atom is 0.424 e. The van der Waals surface area contributed by atoms with Crippen molar-refractivity contribution in [1.29, 1.82) is 0 Å². The lowest BCUT2D eigenvalue weighted by Gasteiger charge is -2.30. The van der Waals surface area contributed by atoms with Crippen LogP contribution in [-0.4, -0.2) is 32.9 Å². The molecule has 1 rings (SSSR count). The average Bonchev–Trinajstić information content (AvgIpc) is 1.99.